The van der Waals surface area contributed by atoms with Crippen LogP contribution in [0.1, 0.15) is 87.0 Å². The number of hydrogen-bond acceptors (Lipinski definition) is 3. The summed E-state index contributed by atoms with van der Waals surface area (Å²) in [6.45, 7) is 18.6. The Morgan fingerprint density at radius 2 is 1.52 bits per heavy atom. The molecule has 0 saturated carbocycles. The molecule has 164 valence electrons. The molecule has 0 radical (unpaired) electrons. The first-order chi connectivity index (χ1) is 12.0. The molecule has 3 nitrogen and oxygen atoms in total. The minimum absolute atomic E-state index is 0.141. The molecule has 0 rings (SSSR count). The van der Waals surface area contributed by atoms with Gasteiger partial charge in [-0.1, -0.05) is 33.6 Å². The van der Waals surface area contributed by atoms with Gasteiger partial charge in [-0.15, -0.1) is 4.72 Å². The van der Waals surface area contributed by atoms with Gasteiger partial charge in [-0.2, -0.15) is 0 Å². The van der Waals surface area contributed by atoms with Crippen molar-refractivity contribution in [2.75, 3.05) is 6.61 Å². The highest BCUT2D eigenvalue weighted by Crippen LogP contribution is 2.36. The Hall–Kier alpha value is 0.307. The monoisotopic (exact) mass is 427 g/mol. The topological polar surface area (TPSA) is 44.3 Å². The Morgan fingerprint density at radius 3 is 1.96 bits per heavy atom. The predicted molar refractivity (Wildman–Crippen MR) is 116 cm³/mol. The van der Waals surface area contributed by atoms with Crippen molar-refractivity contribution >= 4 is 19.7 Å². The summed E-state index contributed by atoms with van der Waals surface area (Å²) in [5.41, 5.74) is 0. The first-order valence-corrected chi connectivity index (χ1v) is 14.2. The standard InChI is InChI=1S/C20H43F2NO2SSi/c1-18(2,3)26(24)23-17(14-15-20(7,21)22)13-11-10-12-16-25-27(8,9)19(4,5)6/h17,23H,10-16H2,1-9H3/t17-,26?/m1/s1. The van der Waals surface area contributed by atoms with E-state index in [-0.39, 0.29) is 17.5 Å². The van der Waals surface area contributed by atoms with Gasteiger partial charge in [-0.05, 0) is 65.1 Å². The van der Waals surface area contributed by atoms with Crippen LogP contribution in [0, 0.1) is 0 Å². The van der Waals surface area contributed by atoms with E-state index in [0.29, 0.717) is 6.42 Å². The Kier molecular flexibility index (Phi) is 11.0. The summed E-state index contributed by atoms with van der Waals surface area (Å²) in [4.78, 5) is 0. The van der Waals surface area contributed by atoms with Crippen LogP contribution in [0.15, 0.2) is 0 Å². The molecule has 0 aliphatic heterocycles. The van der Waals surface area contributed by atoms with Gasteiger partial charge in [0.15, 0.2) is 8.32 Å². The van der Waals surface area contributed by atoms with Crippen molar-refractivity contribution in [2.45, 2.75) is 122 Å². The molecule has 27 heavy (non-hydrogen) atoms. The van der Waals surface area contributed by atoms with Crippen molar-refractivity contribution in [1.29, 1.82) is 0 Å². The second-order valence-corrected chi connectivity index (χ2v) is 17.1. The van der Waals surface area contributed by atoms with Gasteiger partial charge in [0.2, 0.25) is 5.92 Å². The zero-order valence-electron chi connectivity index (χ0n) is 19.0. The lowest BCUT2D eigenvalue weighted by Crippen LogP contribution is -2.45. The van der Waals surface area contributed by atoms with Crippen molar-refractivity contribution in [3.63, 3.8) is 0 Å². The number of rotatable bonds is 12. The third-order valence-electron chi connectivity index (χ3n) is 5.23. The highest BCUT2D eigenvalue weighted by atomic mass is 32.2. The van der Waals surface area contributed by atoms with Crippen LogP contribution in [0.3, 0.4) is 0 Å². The molecule has 0 bridgehead atoms. The van der Waals surface area contributed by atoms with Crippen molar-refractivity contribution in [3.05, 3.63) is 0 Å². The first kappa shape index (κ1) is 27.3. The van der Waals surface area contributed by atoms with E-state index < -0.39 is 30.3 Å². The maximum atomic E-state index is 13.2. The maximum Gasteiger partial charge on any atom is 0.245 e. The Labute approximate surface area is 170 Å². The van der Waals surface area contributed by atoms with Crippen molar-refractivity contribution in [1.82, 2.24) is 4.72 Å². The molecule has 1 N–H and O–H groups in total. The molecule has 0 amide bonds. The highest BCUT2D eigenvalue weighted by Gasteiger charge is 2.36. The number of alkyl halides is 2. The van der Waals surface area contributed by atoms with E-state index in [1.807, 2.05) is 20.8 Å². The summed E-state index contributed by atoms with van der Waals surface area (Å²) in [5.74, 6) is -2.68. The van der Waals surface area contributed by atoms with Crippen molar-refractivity contribution in [3.8, 4) is 0 Å². The largest absolute Gasteiger partial charge is 0.598 e. The van der Waals surface area contributed by atoms with Gasteiger partial charge in [-0.25, -0.2) is 8.78 Å². The predicted octanol–water partition coefficient (Wildman–Crippen LogP) is 6.42. The molecule has 0 aromatic carbocycles. The number of unbranched alkanes of at least 4 members (excludes halogenated alkanes) is 2. The maximum absolute atomic E-state index is 13.2. The smallest absolute Gasteiger partial charge is 0.245 e. The van der Waals surface area contributed by atoms with Crippen LogP contribution in [0.4, 0.5) is 8.78 Å². The lowest BCUT2D eigenvalue weighted by atomic mass is 10.0. The van der Waals surface area contributed by atoms with Crippen LogP contribution in [0.5, 0.6) is 0 Å². The molecule has 2 atom stereocenters. The zero-order valence-corrected chi connectivity index (χ0v) is 20.8. The summed E-state index contributed by atoms with van der Waals surface area (Å²) >= 11 is -1.24. The minimum atomic E-state index is -2.68. The van der Waals surface area contributed by atoms with Gasteiger partial charge in [0.05, 0.1) is 6.04 Å². The summed E-state index contributed by atoms with van der Waals surface area (Å²) in [5, 5.41) is 0.213. The van der Waals surface area contributed by atoms with Gasteiger partial charge < -0.3 is 8.98 Å². The molecule has 0 aliphatic carbocycles. The Morgan fingerprint density at radius 1 is 0.963 bits per heavy atom. The van der Waals surface area contributed by atoms with Crippen LogP contribution < -0.4 is 4.72 Å². The second-order valence-electron chi connectivity index (χ2n) is 10.3. The number of hydrogen-bond donors (Lipinski definition) is 1. The fourth-order valence-electron chi connectivity index (χ4n) is 2.23. The molecule has 0 aromatic rings. The first-order valence-electron chi connectivity index (χ1n) is 10.2. The Bertz CT molecular complexity index is 418. The summed E-state index contributed by atoms with van der Waals surface area (Å²) in [7, 11) is -1.70. The summed E-state index contributed by atoms with van der Waals surface area (Å²) < 4.78 is 47.7. The molecule has 0 aliphatic rings. The van der Waals surface area contributed by atoms with E-state index >= 15 is 0 Å². The third-order valence-corrected chi connectivity index (χ3v) is 11.4. The molecule has 1 unspecified atom stereocenters. The van der Waals surface area contributed by atoms with E-state index in [4.69, 9.17) is 4.43 Å². The number of nitrogens with one attached hydrogen (secondary N) is 1. The van der Waals surface area contributed by atoms with Gasteiger partial charge in [-0.3, -0.25) is 0 Å². The molecular formula is C20H43F2NO2SSi. The minimum Gasteiger partial charge on any atom is -0.598 e. The van der Waals surface area contributed by atoms with E-state index in [0.717, 1.165) is 39.2 Å². The average Bonchev–Trinajstić information content (AvgIpc) is 2.44. The van der Waals surface area contributed by atoms with Crippen LogP contribution >= 0.6 is 0 Å². The second kappa shape index (κ2) is 10.9. The summed E-state index contributed by atoms with van der Waals surface area (Å²) in [6, 6.07) is -0.141. The Balaban J connectivity index is 4.36. The molecule has 0 fully saturated rings. The van der Waals surface area contributed by atoms with Crippen LogP contribution in [0.2, 0.25) is 18.1 Å². The van der Waals surface area contributed by atoms with Gasteiger partial charge in [0.1, 0.15) is 4.75 Å². The lowest BCUT2D eigenvalue weighted by Gasteiger charge is -2.36. The summed E-state index contributed by atoms with van der Waals surface area (Å²) in [6.07, 6.45) is 3.82. The van der Waals surface area contributed by atoms with E-state index in [2.05, 4.69) is 38.6 Å². The van der Waals surface area contributed by atoms with E-state index in [9.17, 15) is 13.3 Å². The zero-order chi connectivity index (χ0) is 21.5. The van der Waals surface area contributed by atoms with Crippen molar-refractivity contribution in [2.24, 2.45) is 0 Å². The normalized spacial score (nSPS) is 16.4. The van der Waals surface area contributed by atoms with E-state index in [1.54, 1.807) is 0 Å². The molecular weight excluding hydrogens is 384 g/mol. The molecule has 0 spiro atoms. The average molecular weight is 428 g/mol. The van der Waals surface area contributed by atoms with Crippen molar-refractivity contribution < 1.29 is 17.8 Å². The van der Waals surface area contributed by atoms with Crippen LogP contribution in [-0.4, -0.2) is 36.2 Å². The van der Waals surface area contributed by atoms with Gasteiger partial charge in [0.25, 0.3) is 0 Å². The SMILES string of the molecule is CC(F)(F)CC[C@@H](CCCCCO[Si](C)(C)C(C)(C)C)N[S+]([O-])C(C)(C)C. The van der Waals surface area contributed by atoms with Gasteiger partial charge in [0, 0.05) is 24.4 Å². The number of halogens is 2. The third kappa shape index (κ3) is 12.5. The fraction of sp³-hybridized carbons (Fsp3) is 1.00. The lowest BCUT2D eigenvalue weighted by molar-refractivity contribution is 0.00857. The van der Waals surface area contributed by atoms with Gasteiger partial charge >= 0.3 is 0 Å². The molecule has 0 aromatic heterocycles. The fourth-order valence-corrected chi connectivity index (χ4v) is 4.21. The molecule has 7 heteroatoms. The van der Waals surface area contributed by atoms with E-state index in [1.165, 1.54) is 0 Å². The van der Waals surface area contributed by atoms with Crippen LogP contribution in [0.25, 0.3) is 0 Å². The molecule has 0 heterocycles. The highest BCUT2D eigenvalue weighted by molar-refractivity contribution is 7.90. The van der Waals surface area contributed by atoms with Crippen LogP contribution in [-0.2, 0) is 15.8 Å². The molecule has 0 saturated heterocycles. The quantitative estimate of drug-likeness (QED) is 0.222.